The zero-order valence-corrected chi connectivity index (χ0v) is 20.1. The molecular formula is C22H14Br2ClFN2O4. The molecule has 32 heavy (non-hydrogen) atoms. The molecule has 3 aromatic carbocycles. The minimum absolute atomic E-state index is 0.0513. The normalized spacial score (nSPS) is 10.8. The molecule has 0 aliphatic carbocycles. The lowest BCUT2D eigenvalue weighted by Gasteiger charge is -2.10. The first-order chi connectivity index (χ1) is 15.3. The highest BCUT2D eigenvalue weighted by Gasteiger charge is 2.16. The Kier molecular flexibility index (Phi) is 8.38. The van der Waals surface area contributed by atoms with Crippen LogP contribution in [0.1, 0.15) is 15.9 Å². The molecule has 0 aliphatic rings. The lowest BCUT2D eigenvalue weighted by molar-refractivity contribution is -0.123. The van der Waals surface area contributed by atoms with Crippen LogP contribution in [0.2, 0.25) is 5.02 Å². The Balaban J connectivity index is 1.67. The van der Waals surface area contributed by atoms with Gasteiger partial charge in [-0.1, -0.05) is 33.6 Å². The second kappa shape index (κ2) is 11.2. The van der Waals surface area contributed by atoms with E-state index in [0.717, 1.165) is 6.07 Å². The summed E-state index contributed by atoms with van der Waals surface area (Å²) in [6, 6.07) is 15.0. The maximum atomic E-state index is 13.4. The molecule has 0 unspecified atom stereocenters. The molecule has 10 heteroatoms. The van der Waals surface area contributed by atoms with E-state index in [2.05, 4.69) is 42.4 Å². The summed E-state index contributed by atoms with van der Waals surface area (Å²) < 4.78 is 25.3. The number of carbonyl (C=O) groups excluding carboxylic acids is 2. The summed E-state index contributed by atoms with van der Waals surface area (Å²) in [6.07, 6.45) is 1.31. The topological polar surface area (TPSA) is 77.0 Å². The molecule has 164 valence electrons. The molecule has 1 N–H and O–H groups in total. The molecule has 0 saturated heterocycles. The van der Waals surface area contributed by atoms with E-state index in [1.807, 2.05) is 0 Å². The van der Waals surface area contributed by atoms with Crippen LogP contribution in [-0.2, 0) is 4.79 Å². The van der Waals surface area contributed by atoms with E-state index in [1.54, 1.807) is 36.4 Å². The Morgan fingerprint density at radius 1 is 1.09 bits per heavy atom. The molecule has 0 heterocycles. The Hall–Kier alpha value is -2.75. The van der Waals surface area contributed by atoms with E-state index in [9.17, 15) is 14.0 Å². The van der Waals surface area contributed by atoms with Crippen molar-refractivity contribution in [2.45, 2.75) is 0 Å². The van der Waals surface area contributed by atoms with E-state index in [-0.39, 0.29) is 17.9 Å². The number of esters is 1. The Morgan fingerprint density at radius 2 is 1.84 bits per heavy atom. The van der Waals surface area contributed by atoms with Crippen molar-refractivity contribution in [2.75, 3.05) is 6.61 Å². The SMILES string of the molecule is O=C(COc1ccc(Cl)cc1)N/N=C\c1cc(Br)cc(Br)c1OC(=O)c1cccc(F)c1. The summed E-state index contributed by atoms with van der Waals surface area (Å²) in [5.74, 6) is -1.17. The van der Waals surface area contributed by atoms with Gasteiger partial charge in [0.2, 0.25) is 0 Å². The summed E-state index contributed by atoms with van der Waals surface area (Å²) in [5.41, 5.74) is 2.77. The number of hydrogen-bond acceptors (Lipinski definition) is 5. The van der Waals surface area contributed by atoms with Gasteiger partial charge in [0.25, 0.3) is 5.91 Å². The minimum atomic E-state index is -0.748. The third-order valence-corrected chi connectivity index (χ3v) is 5.17. The van der Waals surface area contributed by atoms with E-state index in [1.165, 1.54) is 24.4 Å². The average molecular weight is 585 g/mol. The van der Waals surface area contributed by atoms with E-state index in [0.29, 0.717) is 25.3 Å². The monoisotopic (exact) mass is 582 g/mol. The van der Waals surface area contributed by atoms with Crippen LogP contribution in [0.15, 0.2) is 74.7 Å². The standard InChI is InChI=1S/C22H14Br2ClFN2O4/c23-15-8-14(11-27-28-20(29)12-31-18-6-4-16(25)5-7-18)21(19(24)10-15)32-22(30)13-2-1-3-17(26)9-13/h1-11H,12H2,(H,28,29)/b27-11-. The quantitative estimate of drug-likeness (QED) is 0.166. The van der Waals surface area contributed by atoms with Crippen molar-refractivity contribution in [2.24, 2.45) is 5.10 Å². The molecule has 3 rings (SSSR count). The van der Waals surface area contributed by atoms with Crippen molar-refractivity contribution in [1.29, 1.82) is 0 Å². The van der Waals surface area contributed by atoms with Gasteiger partial charge in [-0.2, -0.15) is 5.10 Å². The number of nitrogens with one attached hydrogen (secondary N) is 1. The van der Waals surface area contributed by atoms with Crippen LogP contribution in [0.25, 0.3) is 0 Å². The largest absolute Gasteiger partial charge is 0.484 e. The lowest BCUT2D eigenvalue weighted by Crippen LogP contribution is -2.24. The molecule has 0 saturated carbocycles. The van der Waals surface area contributed by atoms with E-state index in [4.69, 9.17) is 21.1 Å². The summed E-state index contributed by atoms with van der Waals surface area (Å²) in [4.78, 5) is 24.4. The maximum absolute atomic E-state index is 13.4. The second-order valence-electron chi connectivity index (χ2n) is 6.24. The Labute approximate surface area is 204 Å². The van der Waals surface area contributed by atoms with Crippen molar-refractivity contribution in [3.8, 4) is 11.5 Å². The molecule has 6 nitrogen and oxygen atoms in total. The van der Waals surface area contributed by atoms with Crippen LogP contribution in [0.4, 0.5) is 4.39 Å². The van der Waals surface area contributed by atoms with Gasteiger partial charge in [0.05, 0.1) is 16.3 Å². The Bertz CT molecular complexity index is 1170. The third-order valence-electron chi connectivity index (χ3n) is 3.87. The van der Waals surface area contributed by atoms with Gasteiger partial charge >= 0.3 is 5.97 Å². The first-order valence-corrected chi connectivity index (χ1v) is 11.0. The third kappa shape index (κ3) is 6.88. The number of ether oxygens (including phenoxy) is 2. The predicted octanol–water partition coefficient (Wildman–Crippen LogP) is 5.75. The van der Waals surface area contributed by atoms with Crippen molar-refractivity contribution in [3.63, 3.8) is 0 Å². The molecule has 0 fully saturated rings. The molecule has 0 atom stereocenters. The van der Waals surface area contributed by atoms with Crippen molar-refractivity contribution in [3.05, 3.63) is 91.6 Å². The van der Waals surface area contributed by atoms with Gasteiger partial charge in [-0.25, -0.2) is 14.6 Å². The van der Waals surface area contributed by atoms with Gasteiger partial charge in [-0.3, -0.25) is 4.79 Å². The Morgan fingerprint density at radius 3 is 2.56 bits per heavy atom. The fourth-order valence-electron chi connectivity index (χ4n) is 2.44. The molecule has 0 aromatic heterocycles. The first-order valence-electron chi connectivity index (χ1n) is 8.99. The van der Waals surface area contributed by atoms with Crippen molar-refractivity contribution < 1.29 is 23.5 Å². The van der Waals surface area contributed by atoms with Gasteiger partial charge in [-0.05, 0) is 70.5 Å². The van der Waals surface area contributed by atoms with Crippen molar-refractivity contribution in [1.82, 2.24) is 5.43 Å². The summed E-state index contributed by atoms with van der Waals surface area (Å²) >= 11 is 12.5. The number of amides is 1. The molecule has 0 spiro atoms. The predicted molar refractivity (Wildman–Crippen MR) is 126 cm³/mol. The molecule has 0 radical (unpaired) electrons. The van der Waals surface area contributed by atoms with Crippen molar-refractivity contribution >= 4 is 61.6 Å². The highest BCUT2D eigenvalue weighted by molar-refractivity contribution is 9.11. The highest BCUT2D eigenvalue weighted by Crippen LogP contribution is 2.32. The molecule has 1 amide bonds. The molecular weight excluding hydrogens is 571 g/mol. The zero-order chi connectivity index (χ0) is 23.1. The number of benzene rings is 3. The summed E-state index contributed by atoms with van der Waals surface area (Å²) in [5, 5.41) is 4.44. The van der Waals surface area contributed by atoms with Crippen LogP contribution >= 0.6 is 43.5 Å². The minimum Gasteiger partial charge on any atom is -0.484 e. The molecule has 0 aliphatic heterocycles. The van der Waals surface area contributed by atoms with Crippen LogP contribution in [-0.4, -0.2) is 24.7 Å². The van der Waals surface area contributed by atoms with Crippen LogP contribution in [0.5, 0.6) is 11.5 Å². The second-order valence-corrected chi connectivity index (χ2v) is 8.45. The average Bonchev–Trinajstić information content (AvgIpc) is 2.75. The number of carbonyl (C=O) groups is 2. The fourth-order valence-corrected chi connectivity index (χ4v) is 3.90. The first kappa shape index (κ1) is 23.9. The van der Waals surface area contributed by atoms with Gasteiger partial charge in [0.1, 0.15) is 11.6 Å². The number of hydrogen-bond donors (Lipinski definition) is 1. The van der Waals surface area contributed by atoms with Gasteiger partial charge in [0.15, 0.2) is 12.4 Å². The van der Waals surface area contributed by atoms with Crippen LogP contribution in [0, 0.1) is 5.82 Å². The summed E-state index contributed by atoms with van der Waals surface area (Å²) in [6.45, 7) is -0.261. The number of halogens is 4. The fraction of sp³-hybridized carbons (Fsp3) is 0.0455. The maximum Gasteiger partial charge on any atom is 0.343 e. The molecule has 3 aromatic rings. The van der Waals surface area contributed by atoms with E-state index >= 15 is 0 Å². The smallest absolute Gasteiger partial charge is 0.343 e. The zero-order valence-electron chi connectivity index (χ0n) is 16.2. The summed E-state index contributed by atoms with van der Waals surface area (Å²) in [7, 11) is 0. The number of rotatable bonds is 7. The van der Waals surface area contributed by atoms with Gasteiger partial charge < -0.3 is 9.47 Å². The van der Waals surface area contributed by atoms with Gasteiger partial charge in [-0.15, -0.1) is 0 Å². The van der Waals surface area contributed by atoms with E-state index < -0.39 is 17.7 Å². The number of hydrazone groups is 1. The number of nitrogens with zero attached hydrogens (tertiary/aromatic N) is 1. The lowest BCUT2D eigenvalue weighted by atomic mass is 10.2. The highest BCUT2D eigenvalue weighted by atomic mass is 79.9. The van der Waals surface area contributed by atoms with Crippen LogP contribution in [0.3, 0.4) is 0 Å². The van der Waals surface area contributed by atoms with Crippen LogP contribution < -0.4 is 14.9 Å². The molecule has 0 bridgehead atoms. The van der Waals surface area contributed by atoms with Gasteiger partial charge in [0, 0.05) is 15.1 Å².